The molecule has 0 spiro atoms. The molecule has 0 atom stereocenters. The molecule has 1 aliphatic heterocycles. The zero-order valence-electron chi connectivity index (χ0n) is 14.3. The van der Waals surface area contributed by atoms with Gasteiger partial charge in [0.25, 0.3) is 0 Å². The minimum atomic E-state index is -0.618. The number of benzene rings is 1. The van der Waals surface area contributed by atoms with Gasteiger partial charge in [0.15, 0.2) is 0 Å². The number of hydrogen-bond donors (Lipinski definition) is 2. The maximum atomic E-state index is 13.2. The predicted octanol–water partition coefficient (Wildman–Crippen LogP) is 2.19. The number of piperidine rings is 1. The number of amides is 1. The van der Waals surface area contributed by atoms with Crippen LogP contribution in [0, 0.1) is 12.7 Å². The van der Waals surface area contributed by atoms with Crippen molar-refractivity contribution in [2.24, 2.45) is 0 Å². The van der Waals surface area contributed by atoms with Gasteiger partial charge in [-0.15, -0.1) is 12.4 Å². The Hall–Kier alpha value is -1.92. The molecule has 3 rings (SSSR count). The predicted molar refractivity (Wildman–Crippen MR) is 97.4 cm³/mol. The van der Waals surface area contributed by atoms with Crippen molar-refractivity contribution in [3.05, 3.63) is 53.6 Å². The van der Waals surface area contributed by atoms with Gasteiger partial charge >= 0.3 is 0 Å². The molecular formula is C18H24ClFN4O. The Labute approximate surface area is 153 Å². The van der Waals surface area contributed by atoms with Crippen LogP contribution in [0.25, 0.3) is 0 Å². The summed E-state index contributed by atoms with van der Waals surface area (Å²) in [7, 11) is 0. The first kappa shape index (κ1) is 19.4. The molecule has 0 saturated carbocycles. The summed E-state index contributed by atoms with van der Waals surface area (Å²) in [5.41, 5.74) is 1.34. The Morgan fingerprint density at radius 1 is 1.40 bits per heavy atom. The van der Waals surface area contributed by atoms with Crippen molar-refractivity contribution >= 4 is 18.3 Å². The second kappa shape index (κ2) is 8.45. The Bertz CT molecular complexity index is 699. The molecule has 1 aromatic carbocycles. The average molecular weight is 367 g/mol. The van der Waals surface area contributed by atoms with Crippen molar-refractivity contribution in [1.29, 1.82) is 0 Å². The molecule has 2 heterocycles. The van der Waals surface area contributed by atoms with E-state index in [0.717, 1.165) is 37.1 Å². The second-order valence-electron chi connectivity index (χ2n) is 6.31. The van der Waals surface area contributed by atoms with Crippen molar-refractivity contribution in [3.63, 3.8) is 0 Å². The van der Waals surface area contributed by atoms with Gasteiger partial charge in [-0.2, -0.15) is 5.10 Å². The highest BCUT2D eigenvalue weighted by Crippen LogP contribution is 2.27. The van der Waals surface area contributed by atoms with Gasteiger partial charge in [-0.3, -0.25) is 9.48 Å². The van der Waals surface area contributed by atoms with Crippen LogP contribution in [0.15, 0.2) is 36.7 Å². The number of halogens is 2. The minimum Gasteiger partial charge on any atom is -0.354 e. The van der Waals surface area contributed by atoms with E-state index >= 15 is 0 Å². The fourth-order valence-corrected chi connectivity index (χ4v) is 3.34. The number of rotatable bonds is 5. The lowest BCUT2D eigenvalue weighted by Crippen LogP contribution is -2.54. The van der Waals surface area contributed by atoms with Gasteiger partial charge in [0.2, 0.25) is 5.91 Å². The van der Waals surface area contributed by atoms with E-state index in [9.17, 15) is 9.18 Å². The Morgan fingerprint density at radius 2 is 2.16 bits per heavy atom. The summed E-state index contributed by atoms with van der Waals surface area (Å²) < 4.78 is 14.9. The van der Waals surface area contributed by atoms with E-state index in [1.54, 1.807) is 16.9 Å². The Kier molecular flexibility index (Phi) is 6.56. The summed E-state index contributed by atoms with van der Waals surface area (Å²) in [4.78, 5) is 12.9. The summed E-state index contributed by atoms with van der Waals surface area (Å²) in [6, 6.07) is 6.61. The van der Waals surface area contributed by atoms with E-state index in [0.29, 0.717) is 13.0 Å². The Balaban J connectivity index is 0.00000225. The largest absolute Gasteiger partial charge is 0.354 e. The summed E-state index contributed by atoms with van der Waals surface area (Å²) >= 11 is 0. The molecule has 0 aliphatic carbocycles. The number of aryl methyl sites for hydroxylation is 1. The van der Waals surface area contributed by atoms with Crippen LogP contribution in [-0.2, 0) is 16.8 Å². The SMILES string of the molecule is Cc1cc(F)ccc1CCNC(=O)C1(n2cccn2)CCNCC1.Cl. The van der Waals surface area contributed by atoms with Crippen LogP contribution in [0.3, 0.4) is 0 Å². The molecule has 1 amide bonds. The molecule has 0 radical (unpaired) electrons. The lowest BCUT2D eigenvalue weighted by Gasteiger charge is -2.36. The normalized spacial score (nSPS) is 16.1. The maximum Gasteiger partial charge on any atom is 0.248 e. The van der Waals surface area contributed by atoms with Gasteiger partial charge in [0.05, 0.1) is 0 Å². The van der Waals surface area contributed by atoms with Crippen LogP contribution in [0.2, 0.25) is 0 Å². The molecule has 5 nitrogen and oxygen atoms in total. The van der Waals surface area contributed by atoms with E-state index in [1.165, 1.54) is 12.1 Å². The minimum absolute atomic E-state index is 0. The smallest absolute Gasteiger partial charge is 0.248 e. The molecule has 1 aliphatic rings. The van der Waals surface area contributed by atoms with Crippen LogP contribution in [0.4, 0.5) is 4.39 Å². The molecule has 1 saturated heterocycles. The third-order valence-electron chi connectivity index (χ3n) is 4.78. The van der Waals surface area contributed by atoms with Gasteiger partial charge < -0.3 is 10.6 Å². The fraction of sp³-hybridized carbons (Fsp3) is 0.444. The zero-order chi connectivity index (χ0) is 17.0. The van der Waals surface area contributed by atoms with Crippen LogP contribution in [0.1, 0.15) is 24.0 Å². The molecule has 0 bridgehead atoms. The van der Waals surface area contributed by atoms with Crippen LogP contribution in [-0.4, -0.2) is 35.3 Å². The Morgan fingerprint density at radius 3 is 2.80 bits per heavy atom. The van der Waals surface area contributed by atoms with E-state index in [2.05, 4.69) is 15.7 Å². The fourth-order valence-electron chi connectivity index (χ4n) is 3.34. The average Bonchev–Trinajstić information content (AvgIpc) is 3.12. The standard InChI is InChI=1S/C18H23FN4O.ClH/c1-14-13-16(19)4-3-15(14)5-9-21-17(24)18(6-10-20-11-7-18)23-12-2-8-22-23;/h2-4,8,12-13,20H,5-7,9-11H2,1H3,(H,21,24);1H. The van der Waals surface area contributed by atoms with E-state index in [-0.39, 0.29) is 24.1 Å². The number of carbonyl (C=O) groups excluding carboxylic acids is 1. The van der Waals surface area contributed by atoms with E-state index in [4.69, 9.17) is 0 Å². The third-order valence-corrected chi connectivity index (χ3v) is 4.78. The molecule has 7 heteroatoms. The third kappa shape index (κ3) is 4.19. The molecule has 25 heavy (non-hydrogen) atoms. The highest BCUT2D eigenvalue weighted by Gasteiger charge is 2.41. The van der Waals surface area contributed by atoms with Crippen molar-refractivity contribution in [3.8, 4) is 0 Å². The van der Waals surface area contributed by atoms with Crippen LogP contribution >= 0.6 is 12.4 Å². The molecule has 1 aromatic heterocycles. The van der Waals surface area contributed by atoms with Gasteiger partial charge in [-0.05, 0) is 68.6 Å². The van der Waals surface area contributed by atoms with Crippen molar-refractivity contribution < 1.29 is 9.18 Å². The number of carbonyl (C=O) groups is 1. The number of nitrogens with zero attached hydrogens (tertiary/aromatic N) is 2. The van der Waals surface area contributed by atoms with Crippen molar-refractivity contribution in [2.45, 2.75) is 31.7 Å². The van der Waals surface area contributed by atoms with Crippen molar-refractivity contribution in [2.75, 3.05) is 19.6 Å². The quantitative estimate of drug-likeness (QED) is 0.852. The topological polar surface area (TPSA) is 59.0 Å². The highest BCUT2D eigenvalue weighted by atomic mass is 35.5. The monoisotopic (exact) mass is 366 g/mol. The maximum absolute atomic E-state index is 13.2. The number of aromatic nitrogens is 2. The summed E-state index contributed by atoms with van der Waals surface area (Å²) in [6.07, 6.45) is 5.69. The second-order valence-corrected chi connectivity index (χ2v) is 6.31. The molecule has 2 N–H and O–H groups in total. The molecular weight excluding hydrogens is 343 g/mol. The lowest BCUT2D eigenvalue weighted by atomic mass is 9.87. The molecule has 0 unspecified atom stereocenters. The van der Waals surface area contributed by atoms with Gasteiger partial charge in [0.1, 0.15) is 11.4 Å². The molecule has 2 aromatic rings. The first-order chi connectivity index (χ1) is 11.6. The van der Waals surface area contributed by atoms with Crippen LogP contribution < -0.4 is 10.6 Å². The number of hydrogen-bond acceptors (Lipinski definition) is 3. The van der Waals surface area contributed by atoms with Crippen molar-refractivity contribution in [1.82, 2.24) is 20.4 Å². The lowest BCUT2D eigenvalue weighted by molar-refractivity contribution is -0.131. The summed E-state index contributed by atoms with van der Waals surface area (Å²) in [5.74, 6) is -0.222. The van der Waals surface area contributed by atoms with Crippen LogP contribution in [0.5, 0.6) is 0 Å². The highest BCUT2D eigenvalue weighted by molar-refractivity contribution is 5.85. The summed E-state index contributed by atoms with van der Waals surface area (Å²) in [5, 5.41) is 10.7. The van der Waals surface area contributed by atoms with E-state index in [1.807, 2.05) is 19.2 Å². The first-order valence-electron chi connectivity index (χ1n) is 8.36. The zero-order valence-corrected chi connectivity index (χ0v) is 15.1. The van der Waals surface area contributed by atoms with Gasteiger partial charge in [-0.1, -0.05) is 6.07 Å². The molecule has 136 valence electrons. The number of nitrogens with one attached hydrogen (secondary N) is 2. The molecule has 1 fully saturated rings. The van der Waals surface area contributed by atoms with Gasteiger partial charge in [0, 0.05) is 18.9 Å². The van der Waals surface area contributed by atoms with E-state index < -0.39 is 5.54 Å². The summed E-state index contributed by atoms with van der Waals surface area (Å²) in [6.45, 7) is 4.01. The van der Waals surface area contributed by atoms with Gasteiger partial charge in [-0.25, -0.2) is 4.39 Å². The first-order valence-corrected chi connectivity index (χ1v) is 8.36.